The molecule has 29 heavy (non-hydrogen) atoms. The molecule has 0 saturated carbocycles. The summed E-state index contributed by atoms with van der Waals surface area (Å²) in [6.07, 6.45) is 0.976. The zero-order valence-corrected chi connectivity index (χ0v) is 16.8. The average molecular weight is 412 g/mol. The summed E-state index contributed by atoms with van der Waals surface area (Å²) in [7, 11) is 0. The lowest BCUT2D eigenvalue weighted by atomic mass is 9.97. The Bertz CT molecular complexity index is 1020. The predicted octanol–water partition coefficient (Wildman–Crippen LogP) is 4.89. The fraction of sp³-hybridized carbons (Fsp3) is 0.250. The molecule has 0 fully saturated rings. The highest BCUT2D eigenvalue weighted by atomic mass is 32.2. The molecule has 8 nitrogen and oxygen atoms in total. The minimum Gasteiger partial charge on any atom is -0.411 e. The lowest BCUT2D eigenvalue weighted by Gasteiger charge is -2.15. The van der Waals surface area contributed by atoms with E-state index in [9.17, 15) is 14.9 Å². The van der Waals surface area contributed by atoms with Crippen molar-refractivity contribution in [3.63, 3.8) is 0 Å². The number of nitrogens with zero attached hydrogens (tertiary/aromatic N) is 3. The minimum absolute atomic E-state index is 0.0609. The second-order valence-corrected chi connectivity index (χ2v) is 7.34. The Labute approximate surface area is 171 Å². The van der Waals surface area contributed by atoms with E-state index in [1.807, 2.05) is 24.3 Å². The first-order chi connectivity index (χ1) is 14.0. The molecule has 0 unspecified atom stereocenters. The zero-order valence-electron chi connectivity index (χ0n) is 16.0. The molecule has 0 aliphatic heterocycles. The number of hydrogen-bond acceptors (Lipinski definition) is 7. The van der Waals surface area contributed by atoms with Gasteiger partial charge in [-0.15, -0.1) is 10.2 Å². The van der Waals surface area contributed by atoms with Crippen LogP contribution in [0.2, 0.25) is 0 Å². The number of aromatic nitrogens is 2. The van der Waals surface area contributed by atoms with Crippen LogP contribution in [-0.4, -0.2) is 26.8 Å². The van der Waals surface area contributed by atoms with Crippen LogP contribution in [0.25, 0.3) is 11.5 Å². The predicted molar refractivity (Wildman–Crippen MR) is 111 cm³/mol. The zero-order chi connectivity index (χ0) is 20.8. The van der Waals surface area contributed by atoms with Crippen LogP contribution in [0.5, 0.6) is 0 Å². The lowest BCUT2D eigenvalue weighted by molar-refractivity contribution is -0.384. The van der Waals surface area contributed by atoms with Gasteiger partial charge in [-0.05, 0) is 30.0 Å². The number of nitro groups is 1. The largest absolute Gasteiger partial charge is 0.411 e. The monoisotopic (exact) mass is 412 g/mol. The maximum atomic E-state index is 12.3. The van der Waals surface area contributed by atoms with Crippen molar-refractivity contribution in [2.75, 3.05) is 11.1 Å². The Hall–Kier alpha value is -3.20. The maximum Gasteiger partial charge on any atom is 0.277 e. The van der Waals surface area contributed by atoms with Crippen molar-refractivity contribution in [2.45, 2.75) is 31.4 Å². The number of carbonyl (C=O) groups excluding carboxylic acids is 1. The summed E-state index contributed by atoms with van der Waals surface area (Å²) in [5.74, 6) is 0.429. The fourth-order valence-electron chi connectivity index (χ4n) is 2.71. The number of amides is 1. The summed E-state index contributed by atoms with van der Waals surface area (Å²) < 4.78 is 5.52. The molecule has 1 N–H and O–H groups in total. The highest BCUT2D eigenvalue weighted by Gasteiger charge is 2.15. The molecule has 0 aliphatic carbocycles. The Kier molecular flexibility index (Phi) is 6.61. The Morgan fingerprint density at radius 2 is 2.03 bits per heavy atom. The number of carbonyl (C=O) groups is 1. The molecule has 150 valence electrons. The second-order valence-electron chi connectivity index (χ2n) is 6.41. The van der Waals surface area contributed by atoms with E-state index >= 15 is 0 Å². The van der Waals surface area contributed by atoms with Crippen LogP contribution in [0.3, 0.4) is 0 Å². The van der Waals surface area contributed by atoms with E-state index in [-0.39, 0.29) is 28.5 Å². The molecule has 3 aromatic rings. The van der Waals surface area contributed by atoms with Crippen LogP contribution in [0.15, 0.2) is 58.2 Å². The Balaban J connectivity index is 1.62. The highest BCUT2D eigenvalue weighted by molar-refractivity contribution is 7.99. The van der Waals surface area contributed by atoms with Gasteiger partial charge < -0.3 is 9.73 Å². The van der Waals surface area contributed by atoms with Gasteiger partial charge in [-0.2, -0.15) is 0 Å². The van der Waals surface area contributed by atoms with E-state index in [1.54, 1.807) is 12.1 Å². The third kappa shape index (κ3) is 5.20. The van der Waals surface area contributed by atoms with Gasteiger partial charge in [0, 0.05) is 23.4 Å². The third-order valence-electron chi connectivity index (χ3n) is 4.42. The summed E-state index contributed by atoms with van der Waals surface area (Å²) in [4.78, 5) is 22.8. The van der Waals surface area contributed by atoms with Gasteiger partial charge in [-0.25, -0.2) is 0 Å². The molecule has 0 aliphatic rings. The smallest absolute Gasteiger partial charge is 0.277 e. The number of para-hydroxylation sites is 1. The van der Waals surface area contributed by atoms with Gasteiger partial charge in [-0.3, -0.25) is 14.9 Å². The van der Waals surface area contributed by atoms with Gasteiger partial charge in [0.1, 0.15) is 0 Å². The van der Waals surface area contributed by atoms with Crippen molar-refractivity contribution in [2.24, 2.45) is 0 Å². The highest BCUT2D eigenvalue weighted by Crippen LogP contribution is 2.28. The lowest BCUT2D eigenvalue weighted by Crippen LogP contribution is -2.15. The number of benzene rings is 2. The molecule has 2 aromatic carbocycles. The topological polar surface area (TPSA) is 111 Å². The number of hydrogen-bond donors (Lipinski definition) is 1. The Morgan fingerprint density at radius 1 is 1.24 bits per heavy atom. The molecule has 1 aromatic heterocycles. The molecular formula is C20H20N4O4S. The summed E-state index contributed by atoms with van der Waals surface area (Å²) in [5, 5.41) is 21.8. The van der Waals surface area contributed by atoms with Crippen LogP contribution in [-0.2, 0) is 4.79 Å². The van der Waals surface area contributed by atoms with Crippen molar-refractivity contribution in [3.8, 4) is 11.5 Å². The molecule has 0 bridgehead atoms. The number of anilines is 1. The molecule has 1 atom stereocenters. The van der Waals surface area contributed by atoms with Crippen molar-refractivity contribution in [3.05, 3.63) is 64.2 Å². The van der Waals surface area contributed by atoms with Gasteiger partial charge >= 0.3 is 0 Å². The Morgan fingerprint density at radius 3 is 2.79 bits per heavy atom. The number of rotatable bonds is 8. The molecule has 0 radical (unpaired) electrons. The summed E-state index contributed by atoms with van der Waals surface area (Å²) in [6, 6.07) is 13.7. The van der Waals surface area contributed by atoms with Crippen molar-refractivity contribution in [1.29, 1.82) is 0 Å². The van der Waals surface area contributed by atoms with Crippen molar-refractivity contribution < 1.29 is 14.1 Å². The minimum atomic E-state index is -0.489. The molecule has 9 heteroatoms. The molecule has 1 amide bonds. The number of nitrogens with one attached hydrogen (secondary N) is 1. The first-order valence-electron chi connectivity index (χ1n) is 9.07. The van der Waals surface area contributed by atoms with Gasteiger partial charge in [0.05, 0.1) is 10.7 Å². The van der Waals surface area contributed by atoms with Crippen molar-refractivity contribution >= 4 is 29.0 Å². The molecular weight excluding hydrogens is 392 g/mol. The molecule has 0 saturated heterocycles. The molecule has 0 spiro atoms. The van der Waals surface area contributed by atoms with E-state index in [1.165, 1.54) is 12.1 Å². The van der Waals surface area contributed by atoms with Crippen molar-refractivity contribution in [1.82, 2.24) is 10.2 Å². The summed E-state index contributed by atoms with van der Waals surface area (Å²) in [5.41, 5.74) is 2.29. The van der Waals surface area contributed by atoms with Crippen LogP contribution < -0.4 is 5.32 Å². The van der Waals surface area contributed by atoms with Crippen LogP contribution in [0.4, 0.5) is 11.4 Å². The van der Waals surface area contributed by atoms with Crippen LogP contribution in [0.1, 0.15) is 31.7 Å². The SMILES string of the molecule is CC[C@@H](C)c1ccccc1NC(=O)CSc1nnc(-c2cccc([N+](=O)[O-])c2)o1. The first-order valence-corrected chi connectivity index (χ1v) is 10.1. The van der Waals surface area contributed by atoms with E-state index in [4.69, 9.17) is 4.42 Å². The standard InChI is InChI=1S/C20H20N4O4S/c1-3-13(2)16-9-4-5-10-17(16)21-18(25)12-29-20-23-22-19(28-20)14-7-6-8-15(11-14)24(26)27/h4-11,13H,3,12H2,1-2H3,(H,21,25)/t13-/m1/s1. The first kappa shape index (κ1) is 20.5. The second kappa shape index (κ2) is 9.33. The molecule has 3 rings (SSSR count). The number of non-ortho nitro benzene ring substituents is 1. The molecule has 1 heterocycles. The van der Waals surface area contributed by atoms with Gasteiger partial charge in [0.15, 0.2) is 0 Å². The number of nitro benzene ring substituents is 1. The van der Waals surface area contributed by atoms with Crippen LogP contribution in [0, 0.1) is 10.1 Å². The fourth-order valence-corrected chi connectivity index (χ4v) is 3.27. The van der Waals surface area contributed by atoms with Gasteiger partial charge in [-0.1, -0.05) is 49.9 Å². The maximum absolute atomic E-state index is 12.3. The van der Waals surface area contributed by atoms with E-state index in [0.29, 0.717) is 11.5 Å². The van der Waals surface area contributed by atoms with E-state index in [2.05, 4.69) is 29.4 Å². The van der Waals surface area contributed by atoms with Gasteiger partial charge in [0.25, 0.3) is 10.9 Å². The van der Waals surface area contributed by atoms with Gasteiger partial charge in [0.2, 0.25) is 11.8 Å². The normalized spacial score (nSPS) is 11.8. The number of thioether (sulfide) groups is 1. The average Bonchev–Trinajstić information content (AvgIpc) is 3.21. The third-order valence-corrected chi connectivity index (χ3v) is 5.23. The van der Waals surface area contributed by atoms with E-state index in [0.717, 1.165) is 29.4 Å². The summed E-state index contributed by atoms with van der Waals surface area (Å²) >= 11 is 1.11. The quantitative estimate of drug-likeness (QED) is 0.318. The van der Waals surface area contributed by atoms with E-state index < -0.39 is 4.92 Å². The summed E-state index contributed by atoms with van der Waals surface area (Å²) in [6.45, 7) is 4.22. The van der Waals surface area contributed by atoms with Crippen LogP contribution >= 0.6 is 11.8 Å².